The van der Waals surface area contributed by atoms with Crippen LogP contribution in [-0.4, -0.2) is 26.8 Å². The second-order valence-electron chi connectivity index (χ2n) is 5.34. The van der Waals surface area contributed by atoms with Gasteiger partial charge in [-0.15, -0.1) is 0 Å². The van der Waals surface area contributed by atoms with Gasteiger partial charge in [-0.2, -0.15) is 0 Å². The monoisotopic (exact) mass is 352 g/mol. The molecule has 21 heavy (non-hydrogen) atoms. The summed E-state index contributed by atoms with van der Waals surface area (Å²) >= 11 is -0.378. The van der Waals surface area contributed by atoms with Gasteiger partial charge >= 0.3 is 129 Å². The first-order valence-corrected chi connectivity index (χ1v) is 8.88. The topological polar surface area (TPSA) is 120 Å². The number of primary amides is 1. The third-order valence-corrected chi connectivity index (χ3v) is 6.27. The van der Waals surface area contributed by atoms with Crippen molar-refractivity contribution >= 4 is 26.8 Å². The number of allylic oxidation sites excluding steroid dienone is 1. The van der Waals surface area contributed by atoms with E-state index in [9.17, 15) is 20.1 Å². The SMILES string of the molecule is N#CC1=C([Se]CC(N)=O)NC(=O)C(C#N)C12CCCCC2. The van der Waals surface area contributed by atoms with Crippen LogP contribution in [0.2, 0.25) is 5.32 Å². The molecule has 1 saturated carbocycles. The summed E-state index contributed by atoms with van der Waals surface area (Å²) in [5.41, 5.74) is 4.99. The van der Waals surface area contributed by atoms with Crippen molar-refractivity contribution in [1.29, 1.82) is 10.5 Å². The minimum absolute atomic E-state index is 0.140. The van der Waals surface area contributed by atoms with E-state index >= 15 is 0 Å². The van der Waals surface area contributed by atoms with E-state index in [1.165, 1.54) is 0 Å². The van der Waals surface area contributed by atoms with Gasteiger partial charge in [0.1, 0.15) is 0 Å². The third kappa shape index (κ3) is 2.81. The number of nitrogens with zero attached hydrogens (tertiary/aromatic N) is 2. The number of nitrogens with two attached hydrogens (primary N) is 1. The minimum atomic E-state index is -0.819. The first-order chi connectivity index (χ1) is 10.0. The first kappa shape index (κ1) is 15.6. The quantitative estimate of drug-likeness (QED) is 0.722. The zero-order valence-corrected chi connectivity index (χ0v) is 13.2. The van der Waals surface area contributed by atoms with E-state index in [1.54, 1.807) is 0 Å². The standard InChI is InChI=1S/C14H16N4O2Se/c15-6-9-12(20)18-13(21-8-11(17)19)10(7-16)14(9)4-2-1-3-5-14/h9H,1-5,8H2,(H2,17,19)(H,18,20). The van der Waals surface area contributed by atoms with Gasteiger partial charge in [-0.25, -0.2) is 0 Å². The second kappa shape index (κ2) is 6.30. The molecule has 1 aliphatic heterocycles. The number of amides is 2. The van der Waals surface area contributed by atoms with Crippen LogP contribution >= 0.6 is 0 Å². The predicted molar refractivity (Wildman–Crippen MR) is 75.2 cm³/mol. The molecule has 3 N–H and O–H groups in total. The van der Waals surface area contributed by atoms with Gasteiger partial charge in [0, 0.05) is 0 Å². The van der Waals surface area contributed by atoms with Gasteiger partial charge in [-0.3, -0.25) is 0 Å². The molecule has 0 aromatic heterocycles. The molecule has 1 fully saturated rings. The molecule has 7 heteroatoms. The Bertz CT molecular complexity index is 579. The Hall–Kier alpha value is -1.82. The molecule has 0 aromatic rings. The van der Waals surface area contributed by atoms with Gasteiger partial charge in [-0.1, -0.05) is 0 Å². The average molecular weight is 351 g/mol. The molecule has 6 nitrogen and oxygen atoms in total. The first-order valence-electron chi connectivity index (χ1n) is 6.81. The zero-order valence-electron chi connectivity index (χ0n) is 11.5. The van der Waals surface area contributed by atoms with Crippen LogP contribution < -0.4 is 11.1 Å². The van der Waals surface area contributed by atoms with Crippen LogP contribution in [-0.2, 0) is 9.59 Å². The summed E-state index contributed by atoms with van der Waals surface area (Å²) in [6.07, 6.45) is 4.23. The van der Waals surface area contributed by atoms with Crippen LogP contribution in [0.15, 0.2) is 10.2 Å². The molecular weight excluding hydrogens is 335 g/mol. The predicted octanol–water partition coefficient (Wildman–Crippen LogP) is 0.549. The number of hydrogen-bond donors (Lipinski definition) is 2. The van der Waals surface area contributed by atoms with Crippen LogP contribution in [0.25, 0.3) is 0 Å². The van der Waals surface area contributed by atoms with Crippen molar-refractivity contribution in [3.63, 3.8) is 0 Å². The molecule has 1 unspecified atom stereocenters. The molecule has 0 saturated heterocycles. The van der Waals surface area contributed by atoms with E-state index in [0.717, 1.165) is 19.3 Å². The molecule has 0 bridgehead atoms. The number of nitriles is 2. The van der Waals surface area contributed by atoms with Crippen LogP contribution in [0.1, 0.15) is 32.1 Å². The summed E-state index contributed by atoms with van der Waals surface area (Å²) in [5.74, 6) is -1.62. The number of carbonyl (C=O) groups excluding carboxylic acids is 2. The Morgan fingerprint density at radius 1 is 1.38 bits per heavy atom. The summed E-state index contributed by atoms with van der Waals surface area (Å²) in [6.45, 7) is 0. The van der Waals surface area contributed by atoms with Gasteiger partial charge in [0.15, 0.2) is 0 Å². The number of rotatable bonds is 3. The molecule has 2 aliphatic rings. The van der Waals surface area contributed by atoms with Crippen molar-refractivity contribution in [2.75, 3.05) is 0 Å². The van der Waals surface area contributed by atoms with Crippen molar-refractivity contribution in [1.82, 2.24) is 5.32 Å². The summed E-state index contributed by atoms with van der Waals surface area (Å²) in [6, 6.07) is 4.28. The number of nitrogens with one attached hydrogen (secondary N) is 1. The van der Waals surface area contributed by atoms with Crippen molar-refractivity contribution in [2.24, 2.45) is 17.1 Å². The van der Waals surface area contributed by atoms with Crippen molar-refractivity contribution in [2.45, 2.75) is 37.4 Å². The van der Waals surface area contributed by atoms with Crippen molar-refractivity contribution < 1.29 is 9.59 Å². The van der Waals surface area contributed by atoms with Crippen LogP contribution in [0.3, 0.4) is 0 Å². The molecule has 110 valence electrons. The van der Waals surface area contributed by atoms with Crippen molar-refractivity contribution in [3.05, 3.63) is 10.2 Å². The molecule has 1 spiro atoms. The van der Waals surface area contributed by atoms with Gasteiger partial charge in [0.05, 0.1) is 0 Å². The van der Waals surface area contributed by atoms with E-state index < -0.39 is 17.2 Å². The maximum absolute atomic E-state index is 12.2. The Kier molecular flexibility index (Phi) is 4.67. The summed E-state index contributed by atoms with van der Waals surface area (Å²) in [7, 11) is 0. The molecule has 2 rings (SSSR count). The Morgan fingerprint density at radius 3 is 2.57 bits per heavy atom. The van der Waals surface area contributed by atoms with E-state index in [1.807, 2.05) is 0 Å². The second-order valence-corrected chi connectivity index (χ2v) is 7.41. The van der Waals surface area contributed by atoms with Gasteiger partial charge in [0.25, 0.3) is 0 Å². The molecule has 0 radical (unpaired) electrons. The molecule has 1 atom stereocenters. The maximum atomic E-state index is 12.2. The molecule has 2 amide bonds. The van der Waals surface area contributed by atoms with E-state index in [4.69, 9.17) is 5.73 Å². The molecule has 1 aliphatic carbocycles. The van der Waals surface area contributed by atoms with Gasteiger partial charge in [-0.05, 0) is 0 Å². The summed E-state index contributed by atoms with van der Waals surface area (Å²) in [5, 5.41) is 21.8. The van der Waals surface area contributed by atoms with E-state index in [2.05, 4.69) is 17.5 Å². The molecular formula is C14H16N4O2Se. The third-order valence-electron chi connectivity index (χ3n) is 4.12. The molecule has 1 heterocycles. The Morgan fingerprint density at radius 2 is 2.05 bits per heavy atom. The van der Waals surface area contributed by atoms with Gasteiger partial charge in [0.2, 0.25) is 0 Å². The molecule has 0 aromatic carbocycles. The normalized spacial score (nSPS) is 24.1. The van der Waals surface area contributed by atoms with Gasteiger partial charge < -0.3 is 0 Å². The fourth-order valence-corrected chi connectivity index (χ4v) is 4.97. The number of hydrogen-bond acceptors (Lipinski definition) is 4. The fourth-order valence-electron chi connectivity index (χ4n) is 3.19. The van der Waals surface area contributed by atoms with E-state index in [-0.39, 0.29) is 26.2 Å². The fraction of sp³-hybridized carbons (Fsp3) is 0.571. The summed E-state index contributed by atoms with van der Waals surface area (Å²) < 4.78 is 0.530. The average Bonchev–Trinajstić information content (AvgIpc) is 2.46. The van der Waals surface area contributed by atoms with Crippen LogP contribution in [0, 0.1) is 34.0 Å². The Balaban J connectivity index is 2.47. The van der Waals surface area contributed by atoms with Crippen LogP contribution in [0.5, 0.6) is 0 Å². The van der Waals surface area contributed by atoms with Crippen molar-refractivity contribution in [3.8, 4) is 12.1 Å². The van der Waals surface area contributed by atoms with Crippen LogP contribution in [0.4, 0.5) is 0 Å². The Labute approximate surface area is 129 Å². The van der Waals surface area contributed by atoms with E-state index in [0.29, 0.717) is 23.0 Å². The number of carbonyl (C=O) groups is 2. The summed E-state index contributed by atoms with van der Waals surface area (Å²) in [4.78, 5) is 23.2. The zero-order chi connectivity index (χ0) is 15.5.